The first-order chi connectivity index (χ1) is 10.8. The van der Waals surface area contributed by atoms with E-state index in [0.717, 1.165) is 13.8 Å². The van der Waals surface area contributed by atoms with Crippen molar-refractivity contribution in [3.05, 3.63) is 10.4 Å². The molecule has 1 heterocycles. The van der Waals surface area contributed by atoms with Gasteiger partial charge in [-0.15, -0.1) is 0 Å². The highest BCUT2D eigenvalue weighted by Crippen LogP contribution is 2.30. The van der Waals surface area contributed by atoms with Gasteiger partial charge in [-0.2, -0.15) is 0 Å². The highest BCUT2D eigenvalue weighted by atomic mass is 79.9. The second-order valence-corrected chi connectivity index (χ2v) is 5.30. The maximum Gasteiger partial charge on any atom is 0.304 e. The van der Waals surface area contributed by atoms with Crippen LogP contribution in [0.3, 0.4) is 0 Å². The van der Waals surface area contributed by atoms with Crippen LogP contribution in [-0.4, -0.2) is 53.9 Å². The van der Waals surface area contributed by atoms with Gasteiger partial charge >= 0.3 is 17.9 Å². The standard InChI is InChI=1S/C12H16BrN3O7/c1-5(17)20-10-8(4-13)23-12(22-7(3)19)9(15-16-14)11(10)21-6(2)18/h8-12H,4H2,1-3H3/t8-,9+,10-,11-,12+/m1/s1. The molecule has 0 N–H and O–H groups in total. The summed E-state index contributed by atoms with van der Waals surface area (Å²) in [5.41, 5.74) is 8.72. The van der Waals surface area contributed by atoms with Crippen molar-refractivity contribution in [1.82, 2.24) is 0 Å². The summed E-state index contributed by atoms with van der Waals surface area (Å²) >= 11 is 3.19. The molecule has 5 atom stereocenters. The van der Waals surface area contributed by atoms with Gasteiger partial charge in [0.25, 0.3) is 0 Å². The molecule has 0 unspecified atom stereocenters. The van der Waals surface area contributed by atoms with Crippen molar-refractivity contribution >= 4 is 33.8 Å². The summed E-state index contributed by atoms with van der Waals surface area (Å²) in [4.78, 5) is 36.5. The monoisotopic (exact) mass is 393 g/mol. The topological polar surface area (TPSA) is 137 Å². The number of alkyl halides is 1. The number of rotatable bonds is 5. The first-order valence-electron chi connectivity index (χ1n) is 6.57. The highest BCUT2D eigenvalue weighted by molar-refractivity contribution is 9.09. The third-order valence-corrected chi connectivity index (χ3v) is 3.48. The first-order valence-corrected chi connectivity index (χ1v) is 7.69. The van der Waals surface area contributed by atoms with Gasteiger partial charge in [-0.1, -0.05) is 21.0 Å². The predicted molar refractivity (Wildman–Crippen MR) is 78.3 cm³/mol. The number of carbonyl (C=O) groups excluding carboxylic acids is 3. The first kappa shape index (κ1) is 19.2. The molecule has 128 valence electrons. The third kappa shape index (κ3) is 5.38. The summed E-state index contributed by atoms with van der Waals surface area (Å²) in [5, 5.41) is 3.67. The van der Waals surface area contributed by atoms with Gasteiger partial charge in [-0.05, 0) is 5.53 Å². The van der Waals surface area contributed by atoms with Crippen molar-refractivity contribution in [2.24, 2.45) is 5.11 Å². The zero-order chi connectivity index (χ0) is 17.6. The molecule has 1 fully saturated rings. The maximum absolute atomic E-state index is 11.4. The average molecular weight is 394 g/mol. The normalized spacial score (nSPS) is 29.8. The van der Waals surface area contributed by atoms with Gasteiger partial charge in [-0.3, -0.25) is 14.4 Å². The molecular formula is C12H16BrN3O7. The molecule has 0 spiro atoms. The van der Waals surface area contributed by atoms with E-state index in [2.05, 4.69) is 26.0 Å². The van der Waals surface area contributed by atoms with Crippen LogP contribution >= 0.6 is 15.9 Å². The molecule has 1 aliphatic heterocycles. The van der Waals surface area contributed by atoms with E-state index in [9.17, 15) is 14.4 Å². The van der Waals surface area contributed by atoms with Gasteiger partial charge < -0.3 is 18.9 Å². The Labute approximate surface area is 140 Å². The minimum Gasteiger partial charge on any atom is -0.458 e. The molecule has 1 saturated heterocycles. The number of nitrogens with zero attached hydrogens (tertiary/aromatic N) is 3. The maximum atomic E-state index is 11.4. The number of hydrogen-bond donors (Lipinski definition) is 0. The van der Waals surface area contributed by atoms with Crippen molar-refractivity contribution in [2.75, 3.05) is 5.33 Å². The molecule has 1 aliphatic rings. The Morgan fingerprint density at radius 2 is 1.61 bits per heavy atom. The zero-order valence-electron chi connectivity index (χ0n) is 12.7. The lowest BCUT2D eigenvalue weighted by Crippen LogP contribution is -2.60. The van der Waals surface area contributed by atoms with Gasteiger partial charge in [0.1, 0.15) is 12.1 Å². The van der Waals surface area contributed by atoms with Crippen molar-refractivity contribution in [2.45, 2.75) is 51.4 Å². The lowest BCUT2D eigenvalue weighted by molar-refractivity contribution is -0.256. The number of carbonyl (C=O) groups is 3. The smallest absolute Gasteiger partial charge is 0.304 e. The lowest BCUT2D eigenvalue weighted by atomic mass is 9.97. The molecule has 0 bridgehead atoms. The Hall–Kier alpha value is -1.84. The number of azide groups is 1. The van der Waals surface area contributed by atoms with E-state index >= 15 is 0 Å². The fourth-order valence-corrected chi connectivity index (χ4v) is 2.64. The van der Waals surface area contributed by atoms with Gasteiger partial charge in [0, 0.05) is 31.0 Å². The summed E-state index contributed by atoms with van der Waals surface area (Å²) in [7, 11) is 0. The van der Waals surface area contributed by atoms with Crippen LogP contribution in [0.15, 0.2) is 5.11 Å². The molecule has 0 saturated carbocycles. The average Bonchev–Trinajstić information content (AvgIpc) is 2.43. The van der Waals surface area contributed by atoms with E-state index in [1.165, 1.54) is 6.92 Å². The van der Waals surface area contributed by atoms with E-state index in [1.54, 1.807) is 0 Å². The molecule has 0 aromatic heterocycles. The van der Waals surface area contributed by atoms with Crippen molar-refractivity contribution < 1.29 is 33.3 Å². The van der Waals surface area contributed by atoms with E-state index < -0.39 is 48.6 Å². The fraction of sp³-hybridized carbons (Fsp3) is 0.750. The minimum atomic E-state index is -1.28. The minimum absolute atomic E-state index is 0.198. The second kappa shape index (κ2) is 8.70. The van der Waals surface area contributed by atoms with E-state index in [1.807, 2.05) is 0 Å². The molecule has 0 aromatic carbocycles. The Morgan fingerprint density at radius 3 is 2.04 bits per heavy atom. The lowest BCUT2D eigenvalue weighted by Gasteiger charge is -2.42. The third-order valence-electron chi connectivity index (χ3n) is 2.84. The molecule has 11 heteroatoms. The molecule has 0 aliphatic carbocycles. The van der Waals surface area contributed by atoms with E-state index in [0.29, 0.717) is 0 Å². The van der Waals surface area contributed by atoms with Gasteiger partial charge in [0.05, 0.1) is 0 Å². The number of esters is 3. The number of hydrogen-bond acceptors (Lipinski definition) is 8. The highest BCUT2D eigenvalue weighted by Gasteiger charge is 2.50. The van der Waals surface area contributed by atoms with Gasteiger partial charge in [0.2, 0.25) is 6.29 Å². The molecule has 0 radical (unpaired) electrons. The van der Waals surface area contributed by atoms with Crippen LogP contribution in [0.4, 0.5) is 0 Å². The molecule has 10 nitrogen and oxygen atoms in total. The Balaban J connectivity index is 3.23. The molecule has 1 rings (SSSR count). The second-order valence-electron chi connectivity index (χ2n) is 4.65. The van der Waals surface area contributed by atoms with Gasteiger partial charge in [0.15, 0.2) is 12.2 Å². The zero-order valence-corrected chi connectivity index (χ0v) is 14.3. The van der Waals surface area contributed by atoms with Crippen LogP contribution in [0.1, 0.15) is 20.8 Å². The largest absolute Gasteiger partial charge is 0.458 e. The SMILES string of the molecule is CC(=O)O[C@H]1O[C@H](CBr)[C@@H](OC(C)=O)[C@H](OC(C)=O)[C@@H]1N=[N+]=[N-]. The van der Waals surface area contributed by atoms with E-state index in [-0.39, 0.29) is 5.33 Å². The number of ether oxygens (including phenoxy) is 4. The molecular weight excluding hydrogens is 378 g/mol. The molecule has 0 aromatic rings. The summed E-state index contributed by atoms with van der Waals surface area (Å²) in [5.74, 6) is -1.98. The van der Waals surface area contributed by atoms with Crippen LogP contribution in [0.5, 0.6) is 0 Å². The summed E-state index contributed by atoms with van der Waals surface area (Å²) in [6, 6.07) is -1.20. The van der Waals surface area contributed by atoms with Crippen LogP contribution in [0, 0.1) is 0 Å². The summed E-state index contributed by atoms with van der Waals surface area (Å²) in [6.45, 7) is 3.48. The predicted octanol–water partition coefficient (Wildman–Crippen LogP) is 1.21. The van der Waals surface area contributed by atoms with E-state index in [4.69, 9.17) is 24.5 Å². The van der Waals surface area contributed by atoms with Crippen molar-refractivity contribution in [1.29, 1.82) is 0 Å². The molecule has 23 heavy (non-hydrogen) atoms. The van der Waals surface area contributed by atoms with Crippen LogP contribution in [0.2, 0.25) is 0 Å². The molecule has 0 amide bonds. The Morgan fingerprint density at radius 1 is 1.09 bits per heavy atom. The van der Waals surface area contributed by atoms with Crippen molar-refractivity contribution in [3.63, 3.8) is 0 Å². The quantitative estimate of drug-likeness (QED) is 0.171. The van der Waals surface area contributed by atoms with Gasteiger partial charge in [-0.25, -0.2) is 0 Å². The summed E-state index contributed by atoms with van der Waals surface area (Å²) in [6.07, 6.45) is -4.24. The van der Waals surface area contributed by atoms with Crippen LogP contribution in [-0.2, 0) is 33.3 Å². The summed E-state index contributed by atoms with van der Waals surface area (Å²) < 4.78 is 20.8. The van der Waals surface area contributed by atoms with Crippen molar-refractivity contribution in [3.8, 4) is 0 Å². The Kier molecular flexibility index (Phi) is 7.27. The number of halogens is 1. The Bertz CT molecular complexity index is 523. The van der Waals surface area contributed by atoms with Crippen LogP contribution < -0.4 is 0 Å². The van der Waals surface area contributed by atoms with Crippen LogP contribution in [0.25, 0.3) is 10.4 Å². The fourth-order valence-electron chi connectivity index (χ4n) is 2.12.